The first-order chi connectivity index (χ1) is 48.2. The van der Waals surface area contributed by atoms with Crippen LogP contribution in [0.25, 0.3) is 0 Å². The standard InChI is InChI=1S/2C47H60Si3.2ClH.Hf/c2*1-14-34-28-36(24-32(5)46(34)49(8,9)10)38-20-16-18-22-40-42(38)26-30(3)44(40)48(7)45-31(4)27-43-39(21-17-19-23-41(43)45)37-25-33(6)47(50(11,12)13)35(15-2)29-37;;;/h2*16-29,38-39,48H,14-15H2,1-13H3;2*1H;/q;;;;+2/p-2. The third-order valence-corrected chi connectivity index (χ3v) is 155. The van der Waals surface area contributed by atoms with Crippen molar-refractivity contribution in [1.29, 1.82) is 0 Å². The van der Waals surface area contributed by atoms with Gasteiger partial charge in [-0.2, -0.15) is 0 Å². The van der Waals surface area contributed by atoms with Crippen molar-refractivity contribution in [2.24, 2.45) is 0 Å². The van der Waals surface area contributed by atoms with Crippen LogP contribution >= 0.6 is 17.2 Å². The third-order valence-electron chi connectivity index (χ3n) is 28.8. The van der Waals surface area contributed by atoms with E-state index in [0.717, 1.165) is 25.7 Å². The molecule has 8 aliphatic carbocycles. The minimum absolute atomic E-state index is 0.00756. The molecule has 0 bridgehead atoms. The van der Waals surface area contributed by atoms with Gasteiger partial charge >= 0.3 is 641 Å². The van der Waals surface area contributed by atoms with Crippen molar-refractivity contribution >= 4 is 87.8 Å². The molecular formula is C94H120Cl2HfSi6. The fourth-order valence-electron chi connectivity index (χ4n) is 27.6. The van der Waals surface area contributed by atoms with Crippen LogP contribution in [0.15, 0.2) is 237 Å². The van der Waals surface area contributed by atoms with Gasteiger partial charge in [-0.05, 0) is 0 Å². The van der Waals surface area contributed by atoms with E-state index in [1.54, 1.807) is 20.7 Å². The van der Waals surface area contributed by atoms with E-state index in [1.165, 1.54) is 134 Å². The summed E-state index contributed by atoms with van der Waals surface area (Å²) in [6, 6.07) is 21.0. The fraction of sp³-hybridized carbons (Fsp3) is 0.404. The number of halogens is 2. The molecule has 2 saturated heterocycles. The zero-order valence-corrected chi connectivity index (χ0v) is 79.1. The van der Waals surface area contributed by atoms with Gasteiger partial charge < -0.3 is 0 Å². The Hall–Kier alpha value is -4.53. The topological polar surface area (TPSA) is 0 Å². The molecule has 8 unspecified atom stereocenters. The van der Waals surface area contributed by atoms with Gasteiger partial charge in [-0.1, -0.05) is 0 Å². The summed E-state index contributed by atoms with van der Waals surface area (Å²) in [7, 11) is 11.5. The van der Waals surface area contributed by atoms with Crippen molar-refractivity contribution < 1.29 is 14.7 Å². The van der Waals surface area contributed by atoms with E-state index in [-0.39, 0.29) is 23.7 Å². The number of benzene rings is 4. The maximum absolute atomic E-state index is 11.8. The summed E-state index contributed by atoms with van der Waals surface area (Å²) >= 11 is -7.94. The van der Waals surface area contributed by atoms with Crippen LogP contribution in [0.3, 0.4) is 0 Å². The molecule has 9 heteroatoms. The number of hydrogen-bond donors (Lipinski definition) is 0. The number of hydrogen-bond acceptors (Lipinski definition) is 0. The summed E-state index contributed by atoms with van der Waals surface area (Å²) in [4.78, 5) is 0. The van der Waals surface area contributed by atoms with E-state index in [4.69, 9.17) is 0 Å². The van der Waals surface area contributed by atoms with Crippen molar-refractivity contribution in [3.8, 4) is 0 Å². The molecule has 14 rings (SSSR count). The van der Waals surface area contributed by atoms with Gasteiger partial charge in [0.15, 0.2) is 0 Å². The van der Waals surface area contributed by atoms with Crippen LogP contribution in [0.5, 0.6) is 0 Å². The molecule has 103 heavy (non-hydrogen) atoms. The van der Waals surface area contributed by atoms with E-state index >= 15 is 0 Å². The average Bonchev–Trinajstić information content (AvgIpc) is 1.52. The van der Waals surface area contributed by atoms with Crippen molar-refractivity contribution in [3.05, 3.63) is 304 Å². The zero-order valence-electron chi connectivity index (χ0n) is 67.7. The van der Waals surface area contributed by atoms with Crippen LogP contribution in [0, 0.1) is 27.7 Å². The summed E-state index contributed by atoms with van der Waals surface area (Å²) < 4.78 is -2.79. The molecule has 0 aromatic heterocycles. The van der Waals surface area contributed by atoms with Gasteiger partial charge in [0.05, 0.1) is 0 Å². The Labute approximate surface area is 635 Å². The maximum atomic E-state index is 11.8. The molecule has 2 aliphatic heterocycles. The van der Waals surface area contributed by atoms with Crippen LogP contribution < -0.4 is 20.7 Å². The van der Waals surface area contributed by atoms with Gasteiger partial charge in [0.2, 0.25) is 0 Å². The van der Waals surface area contributed by atoms with Crippen LogP contribution in [-0.4, -0.2) is 49.9 Å². The molecular weight excluding hydrogens is 1550 g/mol. The molecule has 0 amide bonds. The van der Waals surface area contributed by atoms with Crippen LogP contribution in [0.1, 0.15) is 146 Å². The predicted octanol–water partition coefficient (Wildman–Crippen LogP) is 24.4. The molecule has 0 saturated carbocycles. The monoisotopic (exact) mass is 1670 g/mol. The van der Waals surface area contributed by atoms with Gasteiger partial charge in [-0.3, -0.25) is 0 Å². The Morgan fingerprint density at radius 2 is 0.515 bits per heavy atom. The van der Waals surface area contributed by atoms with Crippen molar-refractivity contribution in [3.63, 3.8) is 0 Å². The molecule has 8 atom stereocenters. The van der Waals surface area contributed by atoms with Crippen LogP contribution in [0.2, 0.25) is 103 Å². The van der Waals surface area contributed by atoms with Gasteiger partial charge in [0.1, 0.15) is 0 Å². The number of allylic oxidation sites excluding steroid dienone is 32. The van der Waals surface area contributed by atoms with E-state index in [0.29, 0.717) is 0 Å². The minimum atomic E-state index is -7.94. The number of fused-ring (bicyclic) bond motifs is 8. The second-order valence-corrected chi connectivity index (χ2v) is 112. The summed E-state index contributed by atoms with van der Waals surface area (Å²) in [6.07, 6.45) is 55.3. The Morgan fingerprint density at radius 1 is 0.320 bits per heavy atom. The molecule has 2 fully saturated rings. The van der Waals surface area contributed by atoms with E-state index in [1.807, 2.05) is 0 Å². The Bertz CT molecular complexity index is 4390. The van der Waals surface area contributed by atoms with Gasteiger partial charge in [0, 0.05) is 0 Å². The molecule has 538 valence electrons. The zero-order chi connectivity index (χ0) is 74.7. The second-order valence-electron chi connectivity index (χ2n) is 37.8. The van der Waals surface area contributed by atoms with Gasteiger partial charge in [-0.25, -0.2) is 0 Å². The number of aryl methyl sites for hydroxylation is 8. The molecule has 10 aliphatic rings. The van der Waals surface area contributed by atoms with E-state index in [2.05, 4.69) is 345 Å². The van der Waals surface area contributed by atoms with Gasteiger partial charge in [0.25, 0.3) is 0 Å². The fourth-order valence-corrected chi connectivity index (χ4v) is 209. The van der Waals surface area contributed by atoms with Crippen molar-refractivity contribution in [1.82, 2.24) is 0 Å². The second kappa shape index (κ2) is 24.5. The average molecular weight is 1670 g/mol. The SMILES string of the molecule is CCc1cc(C2C=CC=CC3=C2C=C(C)[C]32[SiH](C)[C]3(C(C)=CC4=C3C=CC=CC4c3cc(C)c([Si](C)(C)C)c(CC)c3)[Hf]23([Cl])([Cl])[C]2(C(C)=CC4=C2C=CC=CC4c2cc(C)c([Si](C)(C)C)c(CC)c2)[SiH](C)[C]32C(C)=CC3=C2C=CC=CC3c2cc(C)c([Si](C)(C)C)c(CC)c2)cc(C)c1[Si](C)(C)C. The molecule has 0 N–H and O–H groups in total. The molecule has 5 spiro atoms. The Balaban J connectivity index is 1.19. The number of rotatable bonds is 12. The molecule has 4 aromatic carbocycles. The molecule has 2 heterocycles. The summed E-state index contributed by atoms with van der Waals surface area (Å²) in [5, 5.41) is 6.47. The van der Waals surface area contributed by atoms with E-state index < -0.39 is 75.7 Å². The Kier molecular flexibility index (Phi) is 17.9. The first kappa shape index (κ1) is 75.3. The quantitative estimate of drug-likeness (QED) is 0.124. The van der Waals surface area contributed by atoms with Gasteiger partial charge in [-0.15, -0.1) is 0 Å². The van der Waals surface area contributed by atoms with E-state index in [9.17, 15) is 17.2 Å². The normalized spacial score (nSPS) is 30.4. The summed E-state index contributed by atoms with van der Waals surface area (Å²) in [6.45, 7) is 65.8. The van der Waals surface area contributed by atoms with Crippen LogP contribution in [0.4, 0.5) is 0 Å². The molecule has 0 nitrogen and oxygen atoms in total. The summed E-state index contributed by atoms with van der Waals surface area (Å²) in [5.74, 6) is -0.0302. The van der Waals surface area contributed by atoms with Crippen molar-refractivity contribution in [2.75, 3.05) is 0 Å². The van der Waals surface area contributed by atoms with Crippen molar-refractivity contribution in [2.45, 2.75) is 235 Å². The Morgan fingerprint density at radius 3 is 0.689 bits per heavy atom. The first-order valence-corrected chi connectivity index (χ1v) is 74.4. The molecule has 4 aromatic rings. The first-order valence-electron chi connectivity index (χ1n) is 39.7. The van der Waals surface area contributed by atoms with Crippen LogP contribution in [-0.2, 0) is 40.3 Å². The summed E-state index contributed by atoms with van der Waals surface area (Å²) in [5.41, 5.74) is 34.6. The molecule has 0 radical (unpaired) electrons. The predicted molar refractivity (Wildman–Crippen MR) is 470 cm³/mol. The third kappa shape index (κ3) is 8.93.